The van der Waals surface area contributed by atoms with Gasteiger partial charge >= 0.3 is 6.09 Å². The topological polar surface area (TPSA) is 50.4 Å². The molecule has 23 heavy (non-hydrogen) atoms. The van der Waals surface area contributed by atoms with Crippen LogP contribution in [0.1, 0.15) is 46.5 Å². The Labute approximate surface area is 136 Å². The lowest BCUT2D eigenvalue weighted by Crippen LogP contribution is -2.28. The van der Waals surface area contributed by atoms with Crippen LogP contribution < -0.4 is 10.6 Å². The predicted molar refractivity (Wildman–Crippen MR) is 89.1 cm³/mol. The maximum absolute atomic E-state index is 13.7. The molecule has 0 radical (unpaired) electrons. The van der Waals surface area contributed by atoms with E-state index < -0.39 is 11.7 Å². The van der Waals surface area contributed by atoms with Gasteiger partial charge in [-0.15, -0.1) is 0 Å². The lowest BCUT2D eigenvalue weighted by Gasteiger charge is -2.23. The molecule has 0 aromatic heterocycles. The maximum Gasteiger partial charge on any atom is 0.412 e. The van der Waals surface area contributed by atoms with Crippen molar-refractivity contribution in [1.29, 1.82) is 0 Å². The zero-order chi connectivity index (χ0) is 16.6. The van der Waals surface area contributed by atoms with Gasteiger partial charge in [0.15, 0.2) is 0 Å². The van der Waals surface area contributed by atoms with Crippen molar-refractivity contribution in [3.8, 4) is 0 Å². The number of rotatable bonds is 5. The Balaban J connectivity index is 1.73. The average molecular weight is 320 g/mol. The van der Waals surface area contributed by atoms with Crippen LogP contribution in [0.4, 0.5) is 20.6 Å². The zero-order valence-electron chi connectivity index (χ0n) is 14.0. The van der Waals surface area contributed by atoms with Gasteiger partial charge in [-0.05, 0) is 76.5 Å². The Hall–Kier alpha value is -1.78. The van der Waals surface area contributed by atoms with E-state index in [9.17, 15) is 9.18 Å². The van der Waals surface area contributed by atoms with Gasteiger partial charge in [-0.25, -0.2) is 9.18 Å². The van der Waals surface area contributed by atoms with Gasteiger partial charge in [0.2, 0.25) is 0 Å². The number of carbonyl (C=O) groups excluding carboxylic acids is 1. The van der Waals surface area contributed by atoms with Crippen LogP contribution in [0.25, 0.3) is 0 Å². The molecule has 1 aromatic carbocycles. The predicted octanol–water partition coefficient (Wildman–Crippen LogP) is 4.77. The lowest BCUT2D eigenvalue weighted by molar-refractivity contribution is 0.0636. The van der Waals surface area contributed by atoms with E-state index >= 15 is 0 Å². The van der Waals surface area contributed by atoms with Gasteiger partial charge in [-0.2, -0.15) is 0 Å². The minimum absolute atomic E-state index is 0.312. The molecule has 2 saturated carbocycles. The van der Waals surface area contributed by atoms with Gasteiger partial charge in [0.05, 0.1) is 11.4 Å². The molecule has 0 saturated heterocycles. The Morgan fingerprint density at radius 2 is 1.78 bits per heavy atom. The van der Waals surface area contributed by atoms with E-state index in [2.05, 4.69) is 10.6 Å². The monoisotopic (exact) mass is 320 g/mol. The molecule has 5 heteroatoms. The van der Waals surface area contributed by atoms with E-state index in [4.69, 9.17) is 4.74 Å². The van der Waals surface area contributed by atoms with Gasteiger partial charge in [-0.3, -0.25) is 5.32 Å². The Morgan fingerprint density at radius 3 is 2.30 bits per heavy atom. The number of hydrogen-bond acceptors (Lipinski definition) is 3. The molecule has 126 valence electrons. The highest BCUT2D eigenvalue weighted by Crippen LogP contribution is 2.46. The van der Waals surface area contributed by atoms with Crippen molar-refractivity contribution in [3.05, 3.63) is 24.0 Å². The number of benzene rings is 1. The van der Waals surface area contributed by atoms with Crippen molar-refractivity contribution in [2.45, 2.75) is 58.1 Å². The third kappa shape index (κ3) is 4.60. The number of anilines is 2. The number of halogens is 1. The molecule has 0 unspecified atom stereocenters. The SMILES string of the molecule is CC(C)(C)OC(=O)Nc1ccc(F)cc1NC(C1CC1)C1CC1. The molecule has 2 N–H and O–H groups in total. The minimum Gasteiger partial charge on any atom is -0.444 e. The van der Waals surface area contributed by atoms with E-state index in [1.54, 1.807) is 6.07 Å². The maximum atomic E-state index is 13.7. The summed E-state index contributed by atoms with van der Waals surface area (Å²) < 4.78 is 18.9. The molecule has 0 aliphatic heterocycles. The summed E-state index contributed by atoms with van der Waals surface area (Å²) in [5, 5.41) is 6.20. The minimum atomic E-state index is -0.567. The Morgan fingerprint density at radius 1 is 1.17 bits per heavy atom. The molecule has 2 aliphatic carbocycles. The standard InChI is InChI=1S/C18H25FN2O2/c1-18(2,3)23-17(22)21-14-9-8-13(19)10-15(14)20-16(11-4-5-11)12-6-7-12/h8-12,16,20H,4-7H2,1-3H3,(H,21,22). The summed E-state index contributed by atoms with van der Waals surface area (Å²) in [5.41, 5.74) is 0.633. The summed E-state index contributed by atoms with van der Waals surface area (Å²) >= 11 is 0. The Bertz CT molecular complexity index is 577. The van der Waals surface area contributed by atoms with E-state index in [0.29, 0.717) is 29.3 Å². The number of amides is 1. The van der Waals surface area contributed by atoms with Gasteiger partial charge in [0.25, 0.3) is 0 Å². The molecule has 0 atom stereocenters. The quantitative estimate of drug-likeness (QED) is 0.821. The van der Waals surface area contributed by atoms with Crippen LogP contribution in [0.3, 0.4) is 0 Å². The van der Waals surface area contributed by atoms with Gasteiger partial charge in [-0.1, -0.05) is 0 Å². The van der Waals surface area contributed by atoms with E-state index in [-0.39, 0.29) is 5.82 Å². The molecule has 0 bridgehead atoms. The first-order chi connectivity index (χ1) is 10.8. The van der Waals surface area contributed by atoms with Gasteiger partial charge < -0.3 is 10.1 Å². The second-order valence-corrected chi connectivity index (χ2v) is 7.66. The lowest BCUT2D eigenvalue weighted by atomic mass is 10.1. The van der Waals surface area contributed by atoms with Crippen molar-refractivity contribution in [1.82, 2.24) is 0 Å². The van der Waals surface area contributed by atoms with Crippen molar-refractivity contribution < 1.29 is 13.9 Å². The van der Waals surface area contributed by atoms with Crippen molar-refractivity contribution in [2.24, 2.45) is 11.8 Å². The number of hydrogen-bond donors (Lipinski definition) is 2. The highest BCUT2D eigenvalue weighted by molar-refractivity contribution is 5.89. The molecular weight excluding hydrogens is 295 g/mol. The van der Waals surface area contributed by atoms with Crippen LogP contribution in [0, 0.1) is 17.7 Å². The van der Waals surface area contributed by atoms with Crippen LogP contribution >= 0.6 is 0 Å². The van der Waals surface area contributed by atoms with Crippen molar-refractivity contribution in [2.75, 3.05) is 10.6 Å². The number of carbonyl (C=O) groups is 1. The first-order valence-electron chi connectivity index (χ1n) is 8.38. The molecule has 1 aromatic rings. The first-order valence-corrected chi connectivity index (χ1v) is 8.38. The summed E-state index contributed by atoms with van der Waals surface area (Å²) in [6, 6.07) is 4.76. The van der Waals surface area contributed by atoms with E-state index in [0.717, 1.165) is 0 Å². The van der Waals surface area contributed by atoms with Crippen LogP contribution in [-0.2, 0) is 4.74 Å². The molecule has 3 rings (SSSR count). The average Bonchev–Trinajstić information content (AvgIpc) is 3.30. The van der Waals surface area contributed by atoms with Crippen molar-refractivity contribution >= 4 is 17.5 Å². The van der Waals surface area contributed by atoms with Gasteiger partial charge in [0, 0.05) is 6.04 Å². The second kappa shape index (κ2) is 6.02. The Kier molecular flexibility index (Phi) is 4.21. The van der Waals surface area contributed by atoms with Crippen molar-refractivity contribution in [3.63, 3.8) is 0 Å². The normalized spacial score (nSPS) is 18.0. The summed E-state index contributed by atoms with van der Waals surface area (Å²) in [6.45, 7) is 5.44. The van der Waals surface area contributed by atoms with Crippen LogP contribution in [-0.4, -0.2) is 17.7 Å². The van der Waals surface area contributed by atoms with Crippen LogP contribution in [0.2, 0.25) is 0 Å². The molecule has 1 amide bonds. The number of ether oxygens (including phenoxy) is 1. The highest BCUT2D eigenvalue weighted by atomic mass is 19.1. The molecular formula is C18H25FN2O2. The van der Waals surface area contributed by atoms with Gasteiger partial charge in [0.1, 0.15) is 11.4 Å². The molecule has 2 fully saturated rings. The summed E-state index contributed by atoms with van der Waals surface area (Å²) in [4.78, 5) is 12.0. The number of nitrogens with one attached hydrogen (secondary N) is 2. The summed E-state index contributed by atoms with van der Waals surface area (Å²) in [7, 11) is 0. The van der Waals surface area contributed by atoms with Crippen LogP contribution in [0.15, 0.2) is 18.2 Å². The third-order valence-electron chi connectivity index (χ3n) is 4.20. The zero-order valence-corrected chi connectivity index (χ0v) is 14.0. The third-order valence-corrected chi connectivity index (χ3v) is 4.20. The fraction of sp³-hybridized carbons (Fsp3) is 0.611. The largest absolute Gasteiger partial charge is 0.444 e. The molecule has 2 aliphatic rings. The fourth-order valence-corrected chi connectivity index (χ4v) is 2.87. The molecule has 0 spiro atoms. The first kappa shape index (κ1) is 16.1. The second-order valence-electron chi connectivity index (χ2n) is 7.66. The highest BCUT2D eigenvalue weighted by Gasteiger charge is 2.41. The van der Waals surface area contributed by atoms with E-state index in [1.165, 1.54) is 37.8 Å². The molecule has 0 heterocycles. The van der Waals surface area contributed by atoms with E-state index in [1.807, 2.05) is 20.8 Å². The summed E-state index contributed by atoms with van der Waals surface area (Å²) in [6.07, 6.45) is 4.41. The smallest absolute Gasteiger partial charge is 0.412 e. The fourth-order valence-electron chi connectivity index (χ4n) is 2.87. The van der Waals surface area contributed by atoms with Crippen LogP contribution in [0.5, 0.6) is 0 Å². The summed E-state index contributed by atoms with van der Waals surface area (Å²) in [5.74, 6) is 1.05. The molecule has 4 nitrogen and oxygen atoms in total.